The lowest BCUT2D eigenvalue weighted by atomic mass is 10.2. The highest BCUT2D eigenvalue weighted by molar-refractivity contribution is 6.42. The monoisotopic (exact) mass is 470 g/mol. The molecule has 0 amide bonds. The molecule has 0 aromatic heterocycles. The molecule has 4 rings (SSSR count). The molecule has 0 N–H and O–H groups in total. The number of hydrogen-bond acceptors (Lipinski definition) is 5. The summed E-state index contributed by atoms with van der Waals surface area (Å²) in [6, 6.07) is 19.4. The molecule has 3 aromatic carbocycles. The summed E-state index contributed by atoms with van der Waals surface area (Å²) in [6.45, 7) is 3.74. The van der Waals surface area contributed by atoms with Gasteiger partial charge in [-0.3, -0.25) is 4.99 Å². The molecule has 1 aliphatic heterocycles. The molecule has 1 saturated heterocycles. The van der Waals surface area contributed by atoms with Crippen molar-refractivity contribution in [3.63, 3.8) is 0 Å². The fraction of sp³-hybridized carbons (Fsp3) is 0.240. The predicted molar refractivity (Wildman–Crippen MR) is 131 cm³/mol. The maximum atomic E-state index is 6.07. The Hall–Kier alpha value is -2.73. The minimum atomic E-state index is 0.357. The lowest BCUT2D eigenvalue weighted by molar-refractivity contribution is 0.122. The molecule has 1 aliphatic rings. The topological polar surface area (TPSA) is 43.3 Å². The number of ether oxygens (including phenoxy) is 3. The van der Waals surface area contributed by atoms with Crippen molar-refractivity contribution in [1.82, 2.24) is 0 Å². The SMILES string of the molecule is COc1cc(C=Nc2ccc(N3CCOCC3)cc2)ccc1OCc1ccc(Cl)c(Cl)c1. The minimum absolute atomic E-state index is 0.357. The number of morpholine rings is 1. The molecule has 3 aromatic rings. The molecule has 7 heteroatoms. The van der Waals surface area contributed by atoms with Crippen molar-refractivity contribution in [1.29, 1.82) is 0 Å². The van der Waals surface area contributed by atoms with E-state index in [1.165, 1.54) is 5.69 Å². The van der Waals surface area contributed by atoms with Gasteiger partial charge in [-0.1, -0.05) is 29.3 Å². The highest BCUT2D eigenvalue weighted by Crippen LogP contribution is 2.30. The fourth-order valence-corrected chi connectivity index (χ4v) is 3.72. The van der Waals surface area contributed by atoms with Crippen molar-refractivity contribution in [2.75, 3.05) is 38.3 Å². The highest BCUT2D eigenvalue weighted by atomic mass is 35.5. The van der Waals surface area contributed by atoms with Gasteiger partial charge < -0.3 is 19.1 Å². The maximum Gasteiger partial charge on any atom is 0.161 e. The summed E-state index contributed by atoms with van der Waals surface area (Å²) in [7, 11) is 1.62. The van der Waals surface area contributed by atoms with Crippen LogP contribution < -0.4 is 14.4 Å². The molecule has 0 aliphatic carbocycles. The third kappa shape index (κ3) is 5.74. The second kappa shape index (κ2) is 10.7. The van der Waals surface area contributed by atoms with Crippen LogP contribution in [0.25, 0.3) is 0 Å². The molecule has 32 heavy (non-hydrogen) atoms. The second-order valence-electron chi connectivity index (χ2n) is 7.32. The van der Waals surface area contributed by atoms with Gasteiger partial charge in [-0.2, -0.15) is 0 Å². The van der Waals surface area contributed by atoms with Crippen LogP contribution in [0.3, 0.4) is 0 Å². The van der Waals surface area contributed by atoms with Gasteiger partial charge in [-0.15, -0.1) is 0 Å². The van der Waals surface area contributed by atoms with E-state index in [-0.39, 0.29) is 0 Å². The first-order valence-corrected chi connectivity index (χ1v) is 11.1. The van der Waals surface area contributed by atoms with Gasteiger partial charge in [0.25, 0.3) is 0 Å². The zero-order chi connectivity index (χ0) is 22.3. The van der Waals surface area contributed by atoms with Crippen LogP contribution in [-0.4, -0.2) is 39.6 Å². The third-order valence-corrected chi connectivity index (χ3v) is 5.89. The summed E-state index contributed by atoms with van der Waals surface area (Å²) >= 11 is 12.0. The van der Waals surface area contributed by atoms with E-state index < -0.39 is 0 Å². The predicted octanol–water partition coefficient (Wildman–Crippen LogP) is 6.17. The van der Waals surface area contributed by atoms with E-state index in [4.69, 9.17) is 37.4 Å². The van der Waals surface area contributed by atoms with Gasteiger partial charge in [0, 0.05) is 25.0 Å². The minimum Gasteiger partial charge on any atom is -0.493 e. The fourth-order valence-electron chi connectivity index (χ4n) is 3.39. The molecular formula is C25H24Cl2N2O3. The first kappa shape index (κ1) is 22.5. The van der Waals surface area contributed by atoms with E-state index in [0.29, 0.717) is 28.2 Å². The number of methoxy groups -OCH3 is 1. The summed E-state index contributed by atoms with van der Waals surface area (Å²) in [5, 5.41) is 1.02. The van der Waals surface area contributed by atoms with Crippen LogP contribution in [0, 0.1) is 0 Å². The number of nitrogens with zero attached hydrogens (tertiary/aromatic N) is 2. The Bertz CT molecular complexity index is 1080. The molecule has 0 saturated carbocycles. The van der Waals surface area contributed by atoms with E-state index in [1.807, 2.05) is 42.6 Å². The van der Waals surface area contributed by atoms with Gasteiger partial charge in [0.15, 0.2) is 11.5 Å². The number of rotatable bonds is 7. The average Bonchev–Trinajstić information content (AvgIpc) is 2.84. The van der Waals surface area contributed by atoms with E-state index in [2.05, 4.69) is 22.0 Å². The number of hydrogen-bond donors (Lipinski definition) is 0. The van der Waals surface area contributed by atoms with Crippen molar-refractivity contribution >= 4 is 40.8 Å². The van der Waals surface area contributed by atoms with Crippen LogP contribution in [-0.2, 0) is 11.3 Å². The summed E-state index contributed by atoms with van der Waals surface area (Å²) in [5.41, 5.74) is 3.92. The van der Waals surface area contributed by atoms with E-state index >= 15 is 0 Å². The molecule has 0 atom stereocenters. The van der Waals surface area contributed by atoms with Gasteiger partial charge in [0.2, 0.25) is 0 Å². The third-order valence-electron chi connectivity index (χ3n) is 5.15. The largest absolute Gasteiger partial charge is 0.493 e. The van der Waals surface area contributed by atoms with Crippen molar-refractivity contribution in [2.45, 2.75) is 6.61 Å². The Kier molecular flexibility index (Phi) is 7.53. The zero-order valence-corrected chi connectivity index (χ0v) is 19.3. The Morgan fingerprint density at radius 2 is 1.72 bits per heavy atom. The smallest absolute Gasteiger partial charge is 0.161 e. The van der Waals surface area contributed by atoms with E-state index in [0.717, 1.165) is 43.1 Å². The van der Waals surface area contributed by atoms with Crippen LogP contribution in [0.4, 0.5) is 11.4 Å². The highest BCUT2D eigenvalue weighted by Gasteiger charge is 2.11. The summed E-state index contributed by atoms with van der Waals surface area (Å²) in [6.07, 6.45) is 1.81. The first-order chi connectivity index (χ1) is 15.6. The summed E-state index contributed by atoms with van der Waals surface area (Å²) in [4.78, 5) is 6.91. The van der Waals surface area contributed by atoms with Gasteiger partial charge in [-0.25, -0.2) is 0 Å². The van der Waals surface area contributed by atoms with Crippen LogP contribution >= 0.6 is 23.2 Å². The average molecular weight is 471 g/mol. The van der Waals surface area contributed by atoms with Crippen molar-refractivity contribution in [2.24, 2.45) is 4.99 Å². The Balaban J connectivity index is 1.40. The van der Waals surface area contributed by atoms with Crippen LogP contribution in [0.15, 0.2) is 65.7 Å². The summed E-state index contributed by atoms with van der Waals surface area (Å²) < 4.78 is 16.8. The molecule has 166 valence electrons. The van der Waals surface area contributed by atoms with E-state index in [1.54, 1.807) is 19.2 Å². The maximum absolute atomic E-state index is 6.07. The van der Waals surface area contributed by atoms with Crippen molar-refractivity contribution in [3.05, 3.63) is 81.8 Å². The standard InChI is InChI=1S/C25H24Cl2N2O3/c1-30-25-15-18(3-9-24(25)32-17-19-2-8-22(26)23(27)14-19)16-28-20-4-6-21(7-5-20)29-10-12-31-13-11-29/h2-9,14-16H,10-13,17H2,1H3. The zero-order valence-electron chi connectivity index (χ0n) is 17.8. The number of anilines is 1. The molecule has 0 bridgehead atoms. The van der Waals surface area contributed by atoms with Gasteiger partial charge >= 0.3 is 0 Å². The first-order valence-electron chi connectivity index (χ1n) is 10.3. The van der Waals surface area contributed by atoms with E-state index in [9.17, 15) is 0 Å². The number of halogens is 2. The Morgan fingerprint density at radius 3 is 2.44 bits per heavy atom. The van der Waals surface area contributed by atoms with Gasteiger partial charge in [-0.05, 0) is 65.7 Å². The summed E-state index contributed by atoms with van der Waals surface area (Å²) in [5.74, 6) is 1.28. The van der Waals surface area contributed by atoms with Crippen LogP contribution in [0.2, 0.25) is 10.0 Å². The second-order valence-corrected chi connectivity index (χ2v) is 8.14. The van der Waals surface area contributed by atoms with Gasteiger partial charge in [0.1, 0.15) is 6.61 Å². The van der Waals surface area contributed by atoms with Crippen molar-refractivity contribution < 1.29 is 14.2 Å². The molecule has 0 unspecified atom stereocenters. The lowest BCUT2D eigenvalue weighted by Crippen LogP contribution is -2.36. The Morgan fingerprint density at radius 1 is 0.938 bits per heavy atom. The van der Waals surface area contributed by atoms with Crippen molar-refractivity contribution in [3.8, 4) is 11.5 Å². The lowest BCUT2D eigenvalue weighted by Gasteiger charge is -2.28. The van der Waals surface area contributed by atoms with Crippen LogP contribution in [0.5, 0.6) is 11.5 Å². The molecule has 0 spiro atoms. The molecular weight excluding hydrogens is 447 g/mol. The number of benzene rings is 3. The number of aliphatic imine (C=N–C) groups is 1. The molecule has 1 fully saturated rings. The Labute approximate surface area is 198 Å². The molecule has 1 heterocycles. The van der Waals surface area contributed by atoms with Crippen LogP contribution in [0.1, 0.15) is 11.1 Å². The van der Waals surface area contributed by atoms with Gasteiger partial charge in [0.05, 0.1) is 36.1 Å². The normalized spacial score (nSPS) is 14.0. The molecule has 0 radical (unpaired) electrons. The molecule has 5 nitrogen and oxygen atoms in total. The quantitative estimate of drug-likeness (QED) is 0.387.